The molecule has 1 aliphatic rings. The molecule has 0 saturated carbocycles. The first-order valence-corrected chi connectivity index (χ1v) is 10.2. The summed E-state index contributed by atoms with van der Waals surface area (Å²) < 4.78 is 53.8. The van der Waals surface area contributed by atoms with Crippen LogP contribution in [0.5, 0.6) is 11.6 Å². The number of fused-ring (bicyclic) bond motifs is 1. The van der Waals surface area contributed by atoms with E-state index in [4.69, 9.17) is 14.2 Å². The number of anilines is 2. The van der Waals surface area contributed by atoms with E-state index in [1.807, 2.05) is 18.2 Å². The van der Waals surface area contributed by atoms with Crippen LogP contribution in [0.1, 0.15) is 18.5 Å². The zero-order chi connectivity index (χ0) is 22.7. The highest BCUT2D eigenvalue weighted by Crippen LogP contribution is 2.33. The molecule has 1 aromatic carbocycles. The molecule has 32 heavy (non-hydrogen) atoms. The third-order valence-corrected chi connectivity index (χ3v) is 5.30. The van der Waals surface area contributed by atoms with Crippen LogP contribution in [0.25, 0.3) is 11.0 Å². The number of morpholine rings is 1. The van der Waals surface area contributed by atoms with Crippen molar-refractivity contribution in [3.8, 4) is 11.6 Å². The maximum atomic E-state index is 12.6. The number of halogens is 3. The maximum Gasteiger partial charge on any atom is 0.422 e. The number of hydrogen-bond donors (Lipinski definition) is 2. The fourth-order valence-corrected chi connectivity index (χ4v) is 3.60. The number of nitrogens with one attached hydrogen (secondary N) is 2. The van der Waals surface area contributed by atoms with Gasteiger partial charge < -0.3 is 24.5 Å². The highest BCUT2D eigenvalue weighted by atomic mass is 19.4. The predicted molar refractivity (Wildman–Crippen MR) is 113 cm³/mol. The molecular formula is C21H24F3N5O3. The number of hydrogen-bond acceptors (Lipinski definition) is 7. The molecule has 2 N–H and O–H groups in total. The summed E-state index contributed by atoms with van der Waals surface area (Å²) >= 11 is 0. The van der Waals surface area contributed by atoms with Gasteiger partial charge in [0.1, 0.15) is 11.4 Å². The van der Waals surface area contributed by atoms with Crippen molar-refractivity contribution in [3.05, 3.63) is 36.0 Å². The van der Waals surface area contributed by atoms with Crippen molar-refractivity contribution in [1.29, 1.82) is 0 Å². The van der Waals surface area contributed by atoms with Gasteiger partial charge >= 0.3 is 6.18 Å². The van der Waals surface area contributed by atoms with Gasteiger partial charge in [0.25, 0.3) is 0 Å². The normalized spacial score (nSPS) is 16.2. The number of methoxy groups -OCH3 is 1. The SMILES string of the molecule is COc1cc([C@H](C)N2CCOCC2)ccc1Nc1nc(OCC(F)(F)F)c2cc[nH]c2n1. The Morgan fingerprint density at radius 1 is 1.22 bits per heavy atom. The first kappa shape index (κ1) is 22.2. The molecule has 1 aliphatic heterocycles. The topological polar surface area (TPSA) is 84.5 Å². The minimum Gasteiger partial charge on any atom is -0.495 e. The number of nitrogens with zero attached hydrogens (tertiary/aromatic N) is 3. The monoisotopic (exact) mass is 451 g/mol. The lowest BCUT2D eigenvalue weighted by atomic mass is 10.1. The average Bonchev–Trinajstić information content (AvgIpc) is 3.26. The molecule has 0 aliphatic carbocycles. The summed E-state index contributed by atoms with van der Waals surface area (Å²) in [7, 11) is 1.55. The second kappa shape index (κ2) is 9.21. The lowest BCUT2D eigenvalue weighted by molar-refractivity contribution is -0.153. The quantitative estimate of drug-likeness (QED) is 0.561. The largest absolute Gasteiger partial charge is 0.495 e. The van der Waals surface area contributed by atoms with Crippen LogP contribution in [0.2, 0.25) is 0 Å². The molecule has 3 heterocycles. The van der Waals surface area contributed by atoms with Crippen molar-refractivity contribution in [3.63, 3.8) is 0 Å². The molecule has 172 valence electrons. The Balaban J connectivity index is 1.58. The van der Waals surface area contributed by atoms with Gasteiger partial charge in [0, 0.05) is 25.3 Å². The zero-order valence-corrected chi connectivity index (χ0v) is 17.7. The molecule has 0 amide bonds. The van der Waals surface area contributed by atoms with Gasteiger partial charge in [0.15, 0.2) is 6.61 Å². The molecular weight excluding hydrogens is 427 g/mol. The van der Waals surface area contributed by atoms with Crippen LogP contribution in [-0.2, 0) is 4.74 Å². The molecule has 3 aromatic rings. The van der Waals surface area contributed by atoms with E-state index in [9.17, 15) is 13.2 Å². The van der Waals surface area contributed by atoms with Crippen LogP contribution in [0.15, 0.2) is 30.5 Å². The van der Waals surface area contributed by atoms with E-state index in [0.29, 0.717) is 35.7 Å². The van der Waals surface area contributed by atoms with Crippen molar-refractivity contribution in [1.82, 2.24) is 19.9 Å². The van der Waals surface area contributed by atoms with E-state index >= 15 is 0 Å². The lowest BCUT2D eigenvalue weighted by Crippen LogP contribution is -2.38. The highest BCUT2D eigenvalue weighted by molar-refractivity contribution is 5.82. The zero-order valence-electron chi connectivity index (χ0n) is 17.7. The third-order valence-electron chi connectivity index (χ3n) is 5.30. The second-order valence-corrected chi connectivity index (χ2v) is 7.41. The van der Waals surface area contributed by atoms with Gasteiger partial charge in [0.05, 0.1) is 31.4 Å². The summed E-state index contributed by atoms with van der Waals surface area (Å²) in [6, 6.07) is 7.47. The van der Waals surface area contributed by atoms with Crippen molar-refractivity contribution in [2.24, 2.45) is 0 Å². The van der Waals surface area contributed by atoms with Gasteiger partial charge in [-0.3, -0.25) is 4.90 Å². The molecule has 8 nitrogen and oxygen atoms in total. The Morgan fingerprint density at radius 2 is 2.00 bits per heavy atom. The number of ether oxygens (including phenoxy) is 3. The second-order valence-electron chi connectivity index (χ2n) is 7.41. The number of benzene rings is 1. The first-order chi connectivity index (χ1) is 15.3. The Morgan fingerprint density at radius 3 is 2.72 bits per heavy atom. The van der Waals surface area contributed by atoms with Gasteiger partial charge in [0.2, 0.25) is 11.8 Å². The van der Waals surface area contributed by atoms with Crippen LogP contribution in [-0.4, -0.2) is 66.0 Å². The third kappa shape index (κ3) is 5.05. The van der Waals surface area contributed by atoms with Crippen molar-refractivity contribution in [2.45, 2.75) is 19.1 Å². The molecule has 1 saturated heterocycles. The van der Waals surface area contributed by atoms with Crippen molar-refractivity contribution in [2.75, 3.05) is 45.3 Å². The van der Waals surface area contributed by atoms with E-state index in [1.54, 1.807) is 19.4 Å². The van der Waals surface area contributed by atoms with Gasteiger partial charge in [-0.15, -0.1) is 0 Å². The summed E-state index contributed by atoms with van der Waals surface area (Å²) in [5.74, 6) is 0.493. The fraction of sp³-hybridized carbons (Fsp3) is 0.429. The standard InChI is InChI=1S/C21H24F3N5O3/c1-13(29-7-9-31-10-8-29)14-3-4-16(17(11-14)30-2)26-20-27-18-15(5-6-25-18)19(28-20)32-12-21(22,23)24/h3-6,11,13H,7-10,12H2,1-2H3,(H2,25,26,27,28)/t13-/m0/s1. The smallest absolute Gasteiger partial charge is 0.422 e. The minimum absolute atomic E-state index is 0.0874. The van der Waals surface area contributed by atoms with E-state index < -0.39 is 12.8 Å². The molecule has 0 spiro atoms. The molecule has 1 fully saturated rings. The van der Waals surface area contributed by atoms with Gasteiger partial charge in [-0.1, -0.05) is 6.07 Å². The summed E-state index contributed by atoms with van der Waals surface area (Å²) in [5.41, 5.74) is 2.01. The van der Waals surface area contributed by atoms with Crippen LogP contribution in [0.3, 0.4) is 0 Å². The Kier molecular flexibility index (Phi) is 6.38. The number of alkyl halides is 3. The van der Waals surface area contributed by atoms with E-state index in [2.05, 4.69) is 32.1 Å². The summed E-state index contributed by atoms with van der Waals surface area (Å²) in [6.07, 6.45) is -2.91. The number of aromatic amines is 1. The molecule has 4 rings (SSSR count). The van der Waals surface area contributed by atoms with Crippen LogP contribution in [0, 0.1) is 0 Å². The Bertz CT molecular complexity index is 1070. The van der Waals surface area contributed by atoms with Crippen LogP contribution in [0.4, 0.5) is 24.8 Å². The minimum atomic E-state index is -4.47. The summed E-state index contributed by atoms with van der Waals surface area (Å²) in [5, 5.41) is 3.39. The molecule has 0 unspecified atom stereocenters. The molecule has 2 aromatic heterocycles. The Labute approximate surface area is 182 Å². The van der Waals surface area contributed by atoms with E-state index in [1.165, 1.54) is 0 Å². The van der Waals surface area contributed by atoms with Crippen molar-refractivity contribution < 1.29 is 27.4 Å². The first-order valence-electron chi connectivity index (χ1n) is 10.2. The van der Waals surface area contributed by atoms with Crippen molar-refractivity contribution >= 4 is 22.7 Å². The predicted octanol–water partition coefficient (Wildman–Crippen LogP) is 4.04. The van der Waals surface area contributed by atoms with E-state index in [0.717, 1.165) is 18.7 Å². The number of H-pyrrole nitrogens is 1. The molecule has 0 bridgehead atoms. The Hall–Kier alpha value is -3.05. The number of rotatable bonds is 7. The van der Waals surface area contributed by atoms with Gasteiger partial charge in [-0.05, 0) is 30.7 Å². The molecule has 1 atom stereocenters. The number of aromatic nitrogens is 3. The maximum absolute atomic E-state index is 12.6. The van der Waals surface area contributed by atoms with E-state index in [-0.39, 0.29) is 17.9 Å². The summed E-state index contributed by atoms with van der Waals surface area (Å²) in [6.45, 7) is 3.81. The van der Waals surface area contributed by atoms with Gasteiger partial charge in [-0.2, -0.15) is 23.1 Å². The molecule has 0 radical (unpaired) electrons. The van der Waals surface area contributed by atoms with Crippen LogP contribution < -0.4 is 14.8 Å². The average molecular weight is 451 g/mol. The lowest BCUT2D eigenvalue weighted by Gasteiger charge is -2.32. The molecule has 11 heteroatoms. The highest BCUT2D eigenvalue weighted by Gasteiger charge is 2.29. The van der Waals surface area contributed by atoms with Crippen LogP contribution >= 0.6 is 0 Å². The summed E-state index contributed by atoms with van der Waals surface area (Å²) in [4.78, 5) is 13.7. The van der Waals surface area contributed by atoms with Gasteiger partial charge in [-0.25, -0.2) is 0 Å². The fourth-order valence-electron chi connectivity index (χ4n) is 3.60.